The van der Waals surface area contributed by atoms with Crippen LogP contribution in [-0.4, -0.2) is 16.8 Å². The number of anilines is 2. The second-order valence-electron chi connectivity index (χ2n) is 6.27. The summed E-state index contributed by atoms with van der Waals surface area (Å²) in [6, 6.07) is 5.05. The lowest BCUT2D eigenvalue weighted by atomic mass is 9.92. The third-order valence-corrected chi connectivity index (χ3v) is 4.19. The molecule has 0 aliphatic carbocycles. The molecular weight excluding hydrogens is 378 g/mol. The summed E-state index contributed by atoms with van der Waals surface area (Å²) < 4.78 is 0.659. The number of thiazole rings is 1. The molecule has 1 aromatic heterocycles. The minimum absolute atomic E-state index is 0.0572. The van der Waals surface area contributed by atoms with E-state index in [1.807, 2.05) is 20.8 Å². The van der Waals surface area contributed by atoms with E-state index in [2.05, 4.69) is 31.5 Å². The zero-order valence-electron chi connectivity index (χ0n) is 13.1. The van der Waals surface area contributed by atoms with Crippen LogP contribution in [0, 0.1) is 5.41 Å². The summed E-state index contributed by atoms with van der Waals surface area (Å²) in [5, 5.41) is 7.91. The molecule has 2 amide bonds. The van der Waals surface area contributed by atoms with Crippen molar-refractivity contribution < 1.29 is 9.59 Å². The van der Waals surface area contributed by atoms with Gasteiger partial charge in [-0.3, -0.25) is 14.9 Å². The van der Waals surface area contributed by atoms with Crippen molar-refractivity contribution in [3.8, 4) is 0 Å². The van der Waals surface area contributed by atoms with E-state index in [9.17, 15) is 9.59 Å². The smallest absolute Gasteiger partial charge is 0.257 e. The van der Waals surface area contributed by atoms with Crippen LogP contribution < -0.4 is 10.6 Å². The summed E-state index contributed by atoms with van der Waals surface area (Å²) in [4.78, 5) is 28.1. The van der Waals surface area contributed by atoms with Crippen LogP contribution in [0.2, 0.25) is 0 Å². The molecular formula is C16H18BrN3O2S. The first-order chi connectivity index (χ1) is 10.7. The number of hydrogen-bond acceptors (Lipinski definition) is 4. The monoisotopic (exact) mass is 395 g/mol. The third-order valence-electron chi connectivity index (χ3n) is 2.85. The van der Waals surface area contributed by atoms with E-state index in [-0.39, 0.29) is 17.2 Å². The first-order valence-electron chi connectivity index (χ1n) is 7.05. The first-order valence-corrected chi connectivity index (χ1v) is 8.72. The maximum absolute atomic E-state index is 12.1. The molecule has 0 saturated carbocycles. The lowest BCUT2D eigenvalue weighted by Gasteiger charge is -2.17. The first kappa shape index (κ1) is 17.6. The van der Waals surface area contributed by atoms with Gasteiger partial charge in [-0.1, -0.05) is 20.8 Å². The predicted molar refractivity (Wildman–Crippen MR) is 96.9 cm³/mol. The number of aromatic nitrogens is 1. The summed E-state index contributed by atoms with van der Waals surface area (Å²) in [6.45, 7) is 6.02. The van der Waals surface area contributed by atoms with Crippen LogP contribution in [0.4, 0.5) is 10.8 Å². The van der Waals surface area contributed by atoms with Crippen molar-refractivity contribution in [2.75, 3.05) is 10.6 Å². The maximum Gasteiger partial charge on any atom is 0.257 e. The lowest BCUT2D eigenvalue weighted by Crippen LogP contribution is -2.20. The van der Waals surface area contributed by atoms with Crippen LogP contribution in [0.5, 0.6) is 0 Å². The molecule has 122 valence electrons. The molecule has 2 rings (SSSR count). The van der Waals surface area contributed by atoms with Gasteiger partial charge in [-0.2, -0.15) is 0 Å². The predicted octanol–water partition coefficient (Wildman–Crippen LogP) is 4.53. The molecule has 0 atom stereocenters. The van der Waals surface area contributed by atoms with Crippen LogP contribution in [0.3, 0.4) is 0 Å². The largest absolute Gasteiger partial charge is 0.325 e. The van der Waals surface area contributed by atoms with E-state index in [4.69, 9.17) is 0 Å². The van der Waals surface area contributed by atoms with Crippen molar-refractivity contribution >= 4 is 49.9 Å². The van der Waals surface area contributed by atoms with Crippen molar-refractivity contribution in [2.45, 2.75) is 27.2 Å². The van der Waals surface area contributed by atoms with Gasteiger partial charge in [0.05, 0.1) is 5.69 Å². The summed E-state index contributed by atoms with van der Waals surface area (Å²) in [7, 11) is 0. The number of carbonyl (C=O) groups is 2. The van der Waals surface area contributed by atoms with Gasteiger partial charge in [0.1, 0.15) is 0 Å². The molecule has 1 heterocycles. The van der Waals surface area contributed by atoms with E-state index in [1.54, 1.807) is 29.8 Å². The fourth-order valence-electron chi connectivity index (χ4n) is 1.89. The second-order valence-corrected chi connectivity index (χ2v) is 8.02. The highest BCUT2D eigenvalue weighted by atomic mass is 79.9. The van der Waals surface area contributed by atoms with Crippen LogP contribution in [0.15, 0.2) is 34.2 Å². The normalized spacial score (nSPS) is 11.1. The summed E-state index contributed by atoms with van der Waals surface area (Å²) in [5.74, 6) is -0.300. The molecule has 2 aromatic rings. The van der Waals surface area contributed by atoms with Gasteiger partial charge < -0.3 is 5.32 Å². The van der Waals surface area contributed by atoms with Gasteiger partial charge in [-0.25, -0.2) is 4.98 Å². The average molecular weight is 396 g/mol. The number of hydrogen-bond donors (Lipinski definition) is 2. The van der Waals surface area contributed by atoms with Crippen LogP contribution in [-0.2, 0) is 4.79 Å². The summed E-state index contributed by atoms with van der Waals surface area (Å²) >= 11 is 4.75. The third kappa shape index (κ3) is 5.44. The molecule has 0 radical (unpaired) electrons. The van der Waals surface area contributed by atoms with E-state index in [1.165, 1.54) is 11.3 Å². The zero-order valence-corrected chi connectivity index (χ0v) is 15.5. The Labute approximate surface area is 147 Å². The standard InChI is InChI=1S/C16H18BrN3O2S/c1-16(2,3)9-13(21)19-12-5-4-10(8-11(12)17)14(22)20-15-18-6-7-23-15/h4-8H,9H2,1-3H3,(H,19,21)(H,18,20,22). The SMILES string of the molecule is CC(C)(C)CC(=O)Nc1ccc(C(=O)Nc2nccs2)cc1Br. The van der Waals surface area contributed by atoms with Gasteiger partial charge in [0.25, 0.3) is 5.91 Å². The molecule has 1 aromatic carbocycles. The minimum atomic E-state index is -0.242. The molecule has 0 saturated heterocycles. The molecule has 7 heteroatoms. The number of benzene rings is 1. The highest BCUT2D eigenvalue weighted by Crippen LogP contribution is 2.26. The molecule has 0 fully saturated rings. The molecule has 0 bridgehead atoms. The molecule has 0 aliphatic rings. The van der Waals surface area contributed by atoms with E-state index >= 15 is 0 Å². The Hall–Kier alpha value is -1.73. The summed E-state index contributed by atoms with van der Waals surface area (Å²) in [5.41, 5.74) is 1.05. The summed E-state index contributed by atoms with van der Waals surface area (Å²) in [6.07, 6.45) is 2.05. The average Bonchev–Trinajstić information content (AvgIpc) is 2.91. The van der Waals surface area contributed by atoms with E-state index in [0.717, 1.165) is 0 Å². The van der Waals surface area contributed by atoms with Gasteiger partial charge >= 0.3 is 0 Å². The van der Waals surface area contributed by atoms with Crippen molar-refractivity contribution in [3.63, 3.8) is 0 Å². The number of halogens is 1. The van der Waals surface area contributed by atoms with Crippen molar-refractivity contribution in [2.24, 2.45) is 5.41 Å². The number of carbonyl (C=O) groups excluding carboxylic acids is 2. The van der Waals surface area contributed by atoms with Gasteiger partial charge in [-0.15, -0.1) is 11.3 Å². The Balaban J connectivity index is 2.05. The highest BCUT2D eigenvalue weighted by molar-refractivity contribution is 9.10. The lowest BCUT2D eigenvalue weighted by molar-refractivity contribution is -0.117. The van der Waals surface area contributed by atoms with Crippen molar-refractivity contribution in [3.05, 3.63) is 39.8 Å². The molecule has 2 N–H and O–H groups in total. The topological polar surface area (TPSA) is 71.1 Å². The Morgan fingerprint density at radius 1 is 1.26 bits per heavy atom. The zero-order chi connectivity index (χ0) is 17.0. The minimum Gasteiger partial charge on any atom is -0.325 e. The maximum atomic E-state index is 12.1. The number of nitrogens with zero attached hydrogens (tertiary/aromatic N) is 1. The Morgan fingerprint density at radius 2 is 2.00 bits per heavy atom. The van der Waals surface area contributed by atoms with Gasteiger partial charge in [0, 0.05) is 28.0 Å². The van der Waals surface area contributed by atoms with Crippen LogP contribution in [0.1, 0.15) is 37.6 Å². The van der Waals surface area contributed by atoms with E-state index < -0.39 is 0 Å². The van der Waals surface area contributed by atoms with Gasteiger partial charge in [-0.05, 0) is 39.5 Å². The Kier molecular flexibility index (Phi) is 5.54. The van der Waals surface area contributed by atoms with Crippen LogP contribution in [0.25, 0.3) is 0 Å². The number of amides is 2. The molecule has 5 nitrogen and oxygen atoms in total. The fraction of sp³-hybridized carbons (Fsp3) is 0.312. The highest BCUT2D eigenvalue weighted by Gasteiger charge is 2.17. The molecule has 0 spiro atoms. The fourth-order valence-corrected chi connectivity index (χ4v) is 2.89. The number of nitrogens with one attached hydrogen (secondary N) is 2. The quantitative estimate of drug-likeness (QED) is 0.798. The molecule has 0 aliphatic heterocycles. The second kappa shape index (κ2) is 7.23. The molecule has 23 heavy (non-hydrogen) atoms. The Morgan fingerprint density at radius 3 is 2.57 bits per heavy atom. The van der Waals surface area contributed by atoms with E-state index in [0.29, 0.717) is 27.3 Å². The Bertz CT molecular complexity index is 709. The van der Waals surface area contributed by atoms with Gasteiger partial charge in [0.15, 0.2) is 5.13 Å². The van der Waals surface area contributed by atoms with Crippen molar-refractivity contribution in [1.82, 2.24) is 4.98 Å². The van der Waals surface area contributed by atoms with Crippen LogP contribution >= 0.6 is 27.3 Å². The van der Waals surface area contributed by atoms with Gasteiger partial charge in [0.2, 0.25) is 5.91 Å². The number of rotatable bonds is 4. The molecule has 0 unspecified atom stereocenters. The van der Waals surface area contributed by atoms with Crippen molar-refractivity contribution in [1.29, 1.82) is 0 Å².